The smallest absolute Gasteiger partial charge is 0.132 e. The summed E-state index contributed by atoms with van der Waals surface area (Å²) in [5, 5.41) is 13.2. The number of fused-ring (bicyclic) bond motifs is 1. The predicted octanol–water partition coefficient (Wildman–Crippen LogP) is 3.55. The molecule has 0 saturated carbocycles. The summed E-state index contributed by atoms with van der Waals surface area (Å²) in [6, 6.07) is 16.9. The van der Waals surface area contributed by atoms with Crippen molar-refractivity contribution in [3.63, 3.8) is 0 Å². The Morgan fingerprint density at radius 2 is 1.92 bits per heavy atom. The summed E-state index contributed by atoms with van der Waals surface area (Å²) < 4.78 is 0. The molecule has 2 atom stereocenters. The van der Waals surface area contributed by atoms with Crippen LogP contribution in [0.5, 0.6) is 0 Å². The number of rotatable bonds is 3. The maximum atomic E-state index is 10.8. The molecule has 0 bridgehead atoms. The number of nitrogens with zero attached hydrogens (tertiary/aromatic N) is 3. The molecule has 3 aromatic rings. The molecule has 0 unspecified atom stereocenters. The summed E-state index contributed by atoms with van der Waals surface area (Å²) in [5.41, 5.74) is 2.26. The van der Waals surface area contributed by atoms with Crippen molar-refractivity contribution in [2.24, 2.45) is 0 Å². The zero-order valence-corrected chi connectivity index (χ0v) is 14.5. The largest absolute Gasteiger partial charge is 0.391 e. The van der Waals surface area contributed by atoms with Gasteiger partial charge in [0.05, 0.1) is 6.10 Å². The Morgan fingerprint density at radius 1 is 1.08 bits per heavy atom. The van der Waals surface area contributed by atoms with Crippen LogP contribution in [0.4, 0.5) is 5.82 Å². The van der Waals surface area contributed by atoms with Crippen LogP contribution in [0.1, 0.15) is 30.5 Å². The number of anilines is 1. The van der Waals surface area contributed by atoms with Crippen LogP contribution in [0.15, 0.2) is 54.9 Å². The van der Waals surface area contributed by atoms with Gasteiger partial charge in [-0.1, -0.05) is 49.4 Å². The van der Waals surface area contributed by atoms with Crippen LogP contribution >= 0.6 is 0 Å². The molecule has 1 N–H and O–H groups in total. The highest BCUT2D eigenvalue weighted by Crippen LogP contribution is 2.32. The number of aryl methyl sites for hydroxylation is 1. The molecule has 25 heavy (non-hydrogen) atoms. The van der Waals surface area contributed by atoms with E-state index < -0.39 is 6.10 Å². The first-order chi connectivity index (χ1) is 12.2. The molecule has 4 nitrogen and oxygen atoms in total. The van der Waals surface area contributed by atoms with Crippen LogP contribution in [0.25, 0.3) is 10.8 Å². The Kier molecular flexibility index (Phi) is 4.36. The third-order valence-electron chi connectivity index (χ3n) is 5.18. The molecular weight excluding hydrogens is 310 g/mol. The second-order valence-electron chi connectivity index (χ2n) is 6.74. The monoisotopic (exact) mass is 333 g/mol. The number of aromatic nitrogens is 2. The fraction of sp³-hybridized carbons (Fsp3) is 0.333. The summed E-state index contributed by atoms with van der Waals surface area (Å²) in [6.07, 6.45) is 3.04. The highest BCUT2D eigenvalue weighted by Gasteiger charge is 2.29. The van der Waals surface area contributed by atoms with Gasteiger partial charge in [-0.15, -0.1) is 0 Å². The molecule has 2 aromatic carbocycles. The van der Waals surface area contributed by atoms with Crippen molar-refractivity contribution in [1.29, 1.82) is 0 Å². The topological polar surface area (TPSA) is 49.2 Å². The number of hydrogen-bond acceptors (Lipinski definition) is 4. The van der Waals surface area contributed by atoms with E-state index in [1.54, 1.807) is 6.33 Å². The maximum Gasteiger partial charge on any atom is 0.132 e. The molecule has 4 heteroatoms. The molecule has 128 valence electrons. The van der Waals surface area contributed by atoms with Crippen LogP contribution in [0.2, 0.25) is 0 Å². The second kappa shape index (κ2) is 6.81. The van der Waals surface area contributed by atoms with E-state index in [1.165, 1.54) is 16.3 Å². The van der Waals surface area contributed by atoms with Gasteiger partial charge < -0.3 is 10.0 Å². The van der Waals surface area contributed by atoms with Gasteiger partial charge in [0.2, 0.25) is 0 Å². The summed E-state index contributed by atoms with van der Waals surface area (Å²) in [6.45, 7) is 3.60. The summed E-state index contributed by atoms with van der Waals surface area (Å²) in [7, 11) is 0. The van der Waals surface area contributed by atoms with Gasteiger partial charge >= 0.3 is 0 Å². The minimum atomic E-state index is -0.394. The van der Waals surface area contributed by atoms with Crippen molar-refractivity contribution >= 4 is 16.6 Å². The van der Waals surface area contributed by atoms with Gasteiger partial charge in [-0.3, -0.25) is 0 Å². The van der Waals surface area contributed by atoms with Crippen molar-refractivity contribution in [2.75, 3.05) is 18.0 Å². The molecule has 1 saturated heterocycles. The highest BCUT2D eigenvalue weighted by atomic mass is 16.3. The van der Waals surface area contributed by atoms with Crippen molar-refractivity contribution in [3.8, 4) is 0 Å². The summed E-state index contributed by atoms with van der Waals surface area (Å²) in [4.78, 5) is 10.8. The van der Waals surface area contributed by atoms with Crippen LogP contribution in [0, 0.1) is 0 Å². The highest BCUT2D eigenvalue weighted by molar-refractivity contribution is 5.83. The Labute approximate surface area is 148 Å². The van der Waals surface area contributed by atoms with Gasteiger partial charge in [-0.05, 0) is 29.2 Å². The third kappa shape index (κ3) is 3.22. The summed E-state index contributed by atoms with van der Waals surface area (Å²) in [5.74, 6) is 1.09. The first kappa shape index (κ1) is 16.0. The van der Waals surface area contributed by atoms with E-state index in [9.17, 15) is 5.11 Å². The molecule has 1 aliphatic rings. The molecule has 0 spiro atoms. The van der Waals surface area contributed by atoms with Crippen LogP contribution in [-0.4, -0.2) is 34.3 Å². The zero-order valence-electron chi connectivity index (χ0n) is 14.5. The van der Waals surface area contributed by atoms with Crippen molar-refractivity contribution in [2.45, 2.75) is 31.8 Å². The zero-order chi connectivity index (χ0) is 17.2. The molecule has 0 radical (unpaired) electrons. The normalized spacial score (nSPS) is 20.8. The predicted molar refractivity (Wildman–Crippen MR) is 101 cm³/mol. The molecular formula is C21H23N3O. The van der Waals surface area contributed by atoms with E-state index in [2.05, 4.69) is 64.3 Å². The fourth-order valence-corrected chi connectivity index (χ4v) is 3.72. The minimum Gasteiger partial charge on any atom is -0.391 e. The standard InChI is InChI=1S/C21H23N3O/c1-2-18-12-21(23-14-22-18)24-10-9-19(20(25)13-24)17-8-7-15-5-3-4-6-16(15)11-17/h3-8,11-12,14,19-20,25H,2,9-10,13H2,1H3/t19-,20+/m0/s1. The minimum absolute atomic E-state index is 0.174. The maximum absolute atomic E-state index is 10.8. The molecule has 4 rings (SSSR count). The quantitative estimate of drug-likeness (QED) is 0.796. The molecule has 0 aliphatic carbocycles. The van der Waals surface area contributed by atoms with Crippen molar-refractivity contribution in [1.82, 2.24) is 9.97 Å². The number of aliphatic hydroxyl groups excluding tert-OH is 1. The molecule has 0 amide bonds. The lowest BCUT2D eigenvalue weighted by atomic mass is 9.86. The van der Waals surface area contributed by atoms with Gasteiger partial charge in [0.1, 0.15) is 12.1 Å². The van der Waals surface area contributed by atoms with Crippen molar-refractivity contribution in [3.05, 3.63) is 66.1 Å². The lowest BCUT2D eigenvalue weighted by Gasteiger charge is -2.37. The molecule has 1 fully saturated rings. The van der Waals surface area contributed by atoms with Crippen LogP contribution in [0.3, 0.4) is 0 Å². The number of aliphatic hydroxyl groups is 1. The average molecular weight is 333 g/mol. The Hall–Kier alpha value is -2.46. The fourth-order valence-electron chi connectivity index (χ4n) is 3.72. The number of piperidine rings is 1. The van der Waals surface area contributed by atoms with Gasteiger partial charge in [-0.2, -0.15) is 0 Å². The van der Waals surface area contributed by atoms with Gasteiger partial charge in [0.15, 0.2) is 0 Å². The lowest BCUT2D eigenvalue weighted by molar-refractivity contribution is 0.129. The number of β-amino-alcohol motifs (C(OH)–C–C–N with tert-alkyl or cyclic N) is 1. The first-order valence-electron chi connectivity index (χ1n) is 8.97. The van der Waals surface area contributed by atoms with Crippen LogP contribution in [-0.2, 0) is 6.42 Å². The van der Waals surface area contributed by atoms with Crippen LogP contribution < -0.4 is 4.90 Å². The van der Waals surface area contributed by atoms with E-state index >= 15 is 0 Å². The first-order valence-corrected chi connectivity index (χ1v) is 8.97. The lowest BCUT2D eigenvalue weighted by Crippen LogP contribution is -2.43. The van der Waals surface area contributed by atoms with Gasteiger partial charge in [0, 0.05) is 30.8 Å². The number of hydrogen-bond donors (Lipinski definition) is 1. The van der Waals surface area contributed by atoms with E-state index in [0.717, 1.165) is 30.9 Å². The van der Waals surface area contributed by atoms with E-state index in [0.29, 0.717) is 6.54 Å². The van der Waals surface area contributed by atoms with E-state index in [4.69, 9.17) is 0 Å². The number of benzene rings is 2. The SMILES string of the molecule is CCc1cc(N2CC[C@@H](c3ccc4ccccc4c3)[C@H](O)C2)ncn1. The Balaban J connectivity index is 1.54. The molecule has 1 aliphatic heterocycles. The Morgan fingerprint density at radius 3 is 2.72 bits per heavy atom. The molecule has 2 heterocycles. The third-order valence-corrected chi connectivity index (χ3v) is 5.18. The molecule has 1 aromatic heterocycles. The van der Waals surface area contributed by atoms with Gasteiger partial charge in [-0.25, -0.2) is 9.97 Å². The Bertz CT molecular complexity index is 880. The average Bonchev–Trinajstić information content (AvgIpc) is 2.67. The van der Waals surface area contributed by atoms with E-state index in [1.807, 2.05) is 6.07 Å². The summed E-state index contributed by atoms with van der Waals surface area (Å²) >= 11 is 0. The van der Waals surface area contributed by atoms with E-state index in [-0.39, 0.29) is 5.92 Å². The second-order valence-corrected chi connectivity index (χ2v) is 6.74. The van der Waals surface area contributed by atoms with Crippen molar-refractivity contribution < 1.29 is 5.11 Å². The van der Waals surface area contributed by atoms with Gasteiger partial charge in [0.25, 0.3) is 0 Å².